The SMILES string of the molecule is CCOc1ccc(-n2c(SCC(N)=O)nnc2-c2cccc(OC)c2)cc1. The van der Waals surface area contributed by atoms with E-state index in [1.165, 1.54) is 11.8 Å². The molecule has 3 rings (SSSR count). The first-order valence-corrected chi connectivity index (χ1v) is 9.35. The topological polar surface area (TPSA) is 92.3 Å². The minimum Gasteiger partial charge on any atom is -0.497 e. The van der Waals surface area contributed by atoms with E-state index in [0.717, 1.165) is 22.7 Å². The zero-order valence-electron chi connectivity index (χ0n) is 15.1. The zero-order valence-corrected chi connectivity index (χ0v) is 15.9. The Morgan fingerprint density at radius 2 is 1.93 bits per heavy atom. The fourth-order valence-corrected chi connectivity index (χ4v) is 3.23. The molecule has 3 aromatic rings. The third-order valence-electron chi connectivity index (χ3n) is 3.71. The molecular weight excluding hydrogens is 364 g/mol. The minimum atomic E-state index is -0.413. The largest absolute Gasteiger partial charge is 0.497 e. The predicted molar refractivity (Wildman–Crippen MR) is 104 cm³/mol. The van der Waals surface area contributed by atoms with Crippen LogP contribution >= 0.6 is 11.8 Å². The molecule has 0 aliphatic carbocycles. The van der Waals surface area contributed by atoms with Crippen LogP contribution in [-0.4, -0.2) is 40.1 Å². The Hall–Kier alpha value is -3.00. The van der Waals surface area contributed by atoms with Crippen molar-refractivity contribution >= 4 is 17.7 Å². The van der Waals surface area contributed by atoms with Crippen LogP contribution in [0.2, 0.25) is 0 Å². The molecule has 0 saturated heterocycles. The molecule has 0 unspecified atom stereocenters. The molecule has 0 atom stereocenters. The van der Waals surface area contributed by atoms with E-state index >= 15 is 0 Å². The van der Waals surface area contributed by atoms with Gasteiger partial charge in [-0.2, -0.15) is 0 Å². The smallest absolute Gasteiger partial charge is 0.227 e. The number of carbonyl (C=O) groups is 1. The number of ether oxygens (including phenoxy) is 2. The first-order valence-electron chi connectivity index (χ1n) is 8.36. The van der Waals surface area contributed by atoms with Gasteiger partial charge in [0.2, 0.25) is 5.91 Å². The Morgan fingerprint density at radius 3 is 2.59 bits per heavy atom. The number of aromatic nitrogens is 3. The Labute approximate surface area is 161 Å². The number of methoxy groups -OCH3 is 1. The molecule has 0 aliphatic heterocycles. The van der Waals surface area contributed by atoms with Crippen LogP contribution in [0.3, 0.4) is 0 Å². The molecule has 0 bridgehead atoms. The molecule has 140 valence electrons. The first kappa shape index (κ1) is 18.8. The first-order chi connectivity index (χ1) is 13.1. The predicted octanol–water partition coefficient (Wildman–Crippen LogP) is 2.92. The van der Waals surface area contributed by atoms with Crippen molar-refractivity contribution in [3.05, 3.63) is 48.5 Å². The van der Waals surface area contributed by atoms with Crippen molar-refractivity contribution in [2.24, 2.45) is 5.73 Å². The summed E-state index contributed by atoms with van der Waals surface area (Å²) < 4.78 is 12.7. The van der Waals surface area contributed by atoms with E-state index < -0.39 is 5.91 Å². The summed E-state index contributed by atoms with van der Waals surface area (Å²) in [6.07, 6.45) is 0. The Morgan fingerprint density at radius 1 is 1.15 bits per heavy atom. The van der Waals surface area contributed by atoms with Crippen LogP contribution in [0.4, 0.5) is 0 Å². The highest BCUT2D eigenvalue weighted by Gasteiger charge is 2.17. The number of thioether (sulfide) groups is 1. The molecule has 8 heteroatoms. The Balaban J connectivity index is 2.06. The molecule has 2 N–H and O–H groups in total. The van der Waals surface area contributed by atoms with Crippen molar-refractivity contribution in [3.8, 4) is 28.6 Å². The lowest BCUT2D eigenvalue weighted by molar-refractivity contribution is -0.115. The molecule has 1 aromatic heterocycles. The Bertz CT molecular complexity index is 925. The van der Waals surface area contributed by atoms with Gasteiger partial charge in [-0.25, -0.2) is 0 Å². The van der Waals surface area contributed by atoms with Gasteiger partial charge in [-0.05, 0) is 43.3 Å². The summed E-state index contributed by atoms with van der Waals surface area (Å²) in [7, 11) is 1.62. The van der Waals surface area contributed by atoms with E-state index in [4.69, 9.17) is 15.2 Å². The van der Waals surface area contributed by atoms with Crippen molar-refractivity contribution in [1.29, 1.82) is 0 Å². The van der Waals surface area contributed by atoms with E-state index in [1.807, 2.05) is 60.0 Å². The van der Waals surface area contributed by atoms with Crippen LogP contribution in [0.25, 0.3) is 17.1 Å². The van der Waals surface area contributed by atoms with Gasteiger partial charge in [0.15, 0.2) is 11.0 Å². The van der Waals surface area contributed by atoms with E-state index in [-0.39, 0.29) is 5.75 Å². The van der Waals surface area contributed by atoms with Gasteiger partial charge in [-0.15, -0.1) is 10.2 Å². The average Bonchev–Trinajstić information content (AvgIpc) is 3.11. The fraction of sp³-hybridized carbons (Fsp3) is 0.211. The zero-order chi connectivity index (χ0) is 19.2. The summed E-state index contributed by atoms with van der Waals surface area (Å²) in [6.45, 7) is 2.54. The van der Waals surface area contributed by atoms with E-state index in [1.54, 1.807) is 7.11 Å². The maximum atomic E-state index is 11.2. The number of nitrogens with two attached hydrogens (primary N) is 1. The highest BCUT2D eigenvalue weighted by molar-refractivity contribution is 7.99. The van der Waals surface area contributed by atoms with Crippen molar-refractivity contribution in [2.45, 2.75) is 12.1 Å². The number of rotatable bonds is 8. The van der Waals surface area contributed by atoms with Gasteiger partial charge in [0.25, 0.3) is 0 Å². The quantitative estimate of drug-likeness (QED) is 0.600. The molecule has 0 spiro atoms. The van der Waals surface area contributed by atoms with Gasteiger partial charge in [0, 0.05) is 11.3 Å². The molecule has 7 nitrogen and oxygen atoms in total. The third kappa shape index (κ3) is 4.40. The van der Waals surface area contributed by atoms with Crippen LogP contribution in [0.5, 0.6) is 11.5 Å². The number of benzene rings is 2. The third-order valence-corrected chi connectivity index (χ3v) is 4.66. The average molecular weight is 384 g/mol. The van der Waals surface area contributed by atoms with Crippen molar-refractivity contribution in [1.82, 2.24) is 14.8 Å². The highest BCUT2D eigenvalue weighted by atomic mass is 32.2. The van der Waals surface area contributed by atoms with Crippen LogP contribution in [-0.2, 0) is 4.79 Å². The van der Waals surface area contributed by atoms with Gasteiger partial charge in [0.05, 0.1) is 19.5 Å². The molecule has 1 heterocycles. The van der Waals surface area contributed by atoms with Crippen molar-refractivity contribution < 1.29 is 14.3 Å². The summed E-state index contributed by atoms with van der Waals surface area (Å²) in [5.74, 6) is 1.85. The molecular formula is C19H20N4O3S. The second-order valence-corrected chi connectivity index (χ2v) is 6.50. The van der Waals surface area contributed by atoms with Crippen LogP contribution in [0.1, 0.15) is 6.92 Å². The number of primary amides is 1. The second kappa shape index (κ2) is 8.59. The van der Waals surface area contributed by atoms with Gasteiger partial charge in [-0.3, -0.25) is 9.36 Å². The van der Waals surface area contributed by atoms with Crippen LogP contribution < -0.4 is 15.2 Å². The van der Waals surface area contributed by atoms with Crippen LogP contribution in [0.15, 0.2) is 53.7 Å². The molecule has 27 heavy (non-hydrogen) atoms. The summed E-state index contributed by atoms with van der Waals surface area (Å²) in [5, 5.41) is 9.16. The monoisotopic (exact) mass is 384 g/mol. The van der Waals surface area contributed by atoms with Crippen LogP contribution in [0, 0.1) is 0 Å². The number of nitrogens with zero attached hydrogens (tertiary/aromatic N) is 3. The Kier molecular flexibility index (Phi) is 5.97. The lowest BCUT2D eigenvalue weighted by Crippen LogP contribution is -2.13. The fourth-order valence-electron chi connectivity index (χ4n) is 2.54. The lowest BCUT2D eigenvalue weighted by atomic mass is 10.2. The lowest BCUT2D eigenvalue weighted by Gasteiger charge is -2.11. The molecule has 0 saturated carbocycles. The second-order valence-electron chi connectivity index (χ2n) is 5.56. The molecule has 1 amide bonds. The number of hydrogen-bond donors (Lipinski definition) is 1. The summed E-state index contributed by atoms with van der Waals surface area (Å²) in [5.41, 5.74) is 6.99. The molecule has 0 aliphatic rings. The molecule has 2 aromatic carbocycles. The summed E-state index contributed by atoms with van der Waals surface area (Å²) in [4.78, 5) is 11.2. The van der Waals surface area contributed by atoms with E-state index in [2.05, 4.69) is 10.2 Å². The van der Waals surface area contributed by atoms with Gasteiger partial charge in [0.1, 0.15) is 11.5 Å². The summed E-state index contributed by atoms with van der Waals surface area (Å²) >= 11 is 1.24. The normalized spacial score (nSPS) is 10.6. The maximum absolute atomic E-state index is 11.2. The maximum Gasteiger partial charge on any atom is 0.227 e. The molecule has 0 radical (unpaired) electrons. The van der Waals surface area contributed by atoms with Gasteiger partial charge < -0.3 is 15.2 Å². The van der Waals surface area contributed by atoms with E-state index in [0.29, 0.717) is 17.6 Å². The highest BCUT2D eigenvalue weighted by Crippen LogP contribution is 2.30. The van der Waals surface area contributed by atoms with Gasteiger partial charge >= 0.3 is 0 Å². The number of carbonyl (C=O) groups excluding carboxylic acids is 1. The van der Waals surface area contributed by atoms with Crippen molar-refractivity contribution in [3.63, 3.8) is 0 Å². The molecule has 0 fully saturated rings. The van der Waals surface area contributed by atoms with E-state index in [9.17, 15) is 4.79 Å². The number of hydrogen-bond acceptors (Lipinski definition) is 6. The standard InChI is InChI=1S/C19H20N4O3S/c1-3-26-15-9-7-14(8-10-15)23-18(13-5-4-6-16(11-13)25-2)21-22-19(23)27-12-17(20)24/h4-11H,3,12H2,1-2H3,(H2,20,24). The number of amides is 1. The van der Waals surface area contributed by atoms with Gasteiger partial charge in [-0.1, -0.05) is 23.9 Å². The minimum absolute atomic E-state index is 0.118. The summed E-state index contributed by atoms with van der Waals surface area (Å²) in [6, 6.07) is 15.2. The van der Waals surface area contributed by atoms with Crippen molar-refractivity contribution in [2.75, 3.05) is 19.5 Å².